The van der Waals surface area contributed by atoms with Gasteiger partial charge in [0.2, 0.25) is 0 Å². The number of benzene rings is 1. The van der Waals surface area contributed by atoms with Crippen molar-refractivity contribution in [3.63, 3.8) is 0 Å². The van der Waals surface area contributed by atoms with E-state index in [1.165, 1.54) is 19.1 Å². The van der Waals surface area contributed by atoms with Gasteiger partial charge in [0, 0.05) is 5.56 Å². The van der Waals surface area contributed by atoms with E-state index in [1.54, 1.807) is 6.07 Å². The molecule has 0 bridgehead atoms. The quantitative estimate of drug-likeness (QED) is 0.706. The topological polar surface area (TPSA) is 40.9 Å². The lowest BCUT2D eigenvalue weighted by Gasteiger charge is -2.04. The molecular weight excluding hydrogens is 205 g/mol. The summed E-state index contributed by atoms with van der Waals surface area (Å²) in [6.45, 7) is 1.45. The Hall–Kier alpha value is -1.40. The smallest absolute Gasteiger partial charge is 0.181 e. The van der Waals surface area contributed by atoms with Gasteiger partial charge in [0.15, 0.2) is 5.78 Å². The molecule has 0 saturated heterocycles. The number of nitriles is 1. The number of hydrogen-bond acceptors (Lipinski definition) is 2. The van der Waals surface area contributed by atoms with E-state index in [4.69, 9.17) is 16.9 Å². The number of Topliss-reactive ketones (excluding diaryl/α,β-unsaturated/α-hetero) is 1. The molecule has 1 atom stereocenters. The molecule has 0 aliphatic rings. The number of carbonyl (C=O) groups is 1. The lowest BCUT2D eigenvalue weighted by molar-refractivity contribution is 0.0956. The van der Waals surface area contributed by atoms with E-state index in [0.29, 0.717) is 0 Å². The normalized spacial score (nSPS) is 11.9. The predicted molar refractivity (Wildman–Crippen MR) is 50.5 cm³/mol. The summed E-state index contributed by atoms with van der Waals surface area (Å²) in [5.74, 6) is -1.92. The van der Waals surface area contributed by atoms with Crippen molar-refractivity contribution in [1.29, 1.82) is 5.26 Å². The largest absolute Gasteiger partial charge is 0.293 e. The minimum Gasteiger partial charge on any atom is -0.293 e. The summed E-state index contributed by atoms with van der Waals surface area (Å²) in [4.78, 5) is 11.5. The Balaban J connectivity index is 3.15. The van der Waals surface area contributed by atoms with Crippen molar-refractivity contribution in [2.75, 3.05) is 0 Å². The fourth-order valence-corrected chi connectivity index (χ4v) is 1.21. The summed E-state index contributed by atoms with van der Waals surface area (Å²) >= 11 is 5.58. The molecule has 0 N–H and O–H groups in total. The maximum atomic E-state index is 12.9. The molecule has 0 aliphatic heterocycles. The fourth-order valence-electron chi connectivity index (χ4n) is 0.986. The molecule has 72 valence electrons. The lowest BCUT2D eigenvalue weighted by atomic mass is 10.0. The summed E-state index contributed by atoms with van der Waals surface area (Å²) in [6, 6.07) is 5.73. The first-order valence-corrected chi connectivity index (χ1v) is 4.33. The van der Waals surface area contributed by atoms with E-state index < -0.39 is 17.5 Å². The van der Waals surface area contributed by atoms with Gasteiger partial charge in [-0.15, -0.1) is 0 Å². The van der Waals surface area contributed by atoms with Gasteiger partial charge in [-0.3, -0.25) is 4.79 Å². The highest BCUT2D eigenvalue weighted by Gasteiger charge is 2.18. The van der Waals surface area contributed by atoms with Crippen LogP contribution in [0.25, 0.3) is 0 Å². The Labute approximate surface area is 85.9 Å². The van der Waals surface area contributed by atoms with Crippen LogP contribution in [0, 0.1) is 23.1 Å². The minimum absolute atomic E-state index is 0.0562. The van der Waals surface area contributed by atoms with Crippen LogP contribution in [0.5, 0.6) is 0 Å². The minimum atomic E-state index is -0.811. The zero-order valence-electron chi connectivity index (χ0n) is 7.42. The van der Waals surface area contributed by atoms with Crippen LogP contribution in [0.4, 0.5) is 4.39 Å². The van der Waals surface area contributed by atoms with Crippen molar-refractivity contribution in [3.05, 3.63) is 34.6 Å². The van der Waals surface area contributed by atoms with Crippen LogP contribution in [-0.2, 0) is 0 Å². The van der Waals surface area contributed by atoms with Gasteiger partial charge in [0.1, 0.15) is 11.7 Å². The van der Waals surface area contributed by atoms with Gasteiger partial charge < -0.3 is 0 Å². The molecule has 0 radical (unpaired) electrons. The molecule has 1 unspecified atom stereocenters. The number of nitrogens with zero attached hydrogens (tertiary/aromatic N) is 1. The van der Waals surface area contributed by atoms with E-state index >= 15 is 0 Å². The van der Waals surface area contributed by atoms with E-state index in [0.717, 1.165) is 6.07 Å². The van der Waals surface area contributed by atoms with Gasteiger partial charge in [0.25, 0.3) is 0 Å². The summed E-state index contributed by atoms with van der Waals surface area (Å²) in [5.41, 5.74) is 0.0562. The molecular formula is C10H7ClFNO. The Morgan fingerprint density at radius 2 is 2.29 bits per heavy atom. The highest BCUT2D eigenvalue weighted by atomic mass is 35.5. The molecule has 0 aromatic heterocycles. The van der Waals surface area contributed by atoms with E-state index in [1.807, 2.05) is 0 Å². The molecule has 14 heavy (non-hydrogen) atoms. The molecule has 2 nitrogen and oxygen atoms in total. The first-order valence-electron chi connectivity index (χ1n) is 3.95. The van der Waals surface area contributed by atoms with Gasteiger partial charge in [-0.05, 0) is 19.1 Å². The molecule has 0 spiro atoms. The third-order valence-electron chi connectivity index (χ3n) is 1.80. The van der Waals surface area contributed by atoms with E-state index in [-0.39, 0.29) is 10.6 Å². The first kappa shape index (κ1) is 10.7. The molecule has 0 saturated carbocycles. The Kier molecular flexibility index (Phi) is 3.21. The van der Waals surface area contributed by atoms with Crippen LogP contribution in [0.2, 0.25) is 5.02 Å². The van der Waals surface area contributed by atoms with Crippen molar-refractivity contribution in [2.24, 2.45) is 5.92 Å². The first-order chi connectivity index (χ1) is 6.57. The van der Waals surface area contributed by atoms with Crippen LogP contribution >= 0.6 is 11.6 Å². The molecule has 4 heteroatoms. The van der Waals surface area contributed by atoms with Gasteiger partial charge in [0.05, 0.1) is 11.1 Å². The highest BCUT2D eigenvalue weighted by Crippen LogP contribution is 2.22. The number of halogens is 2. The van der Waals surface area contributed by atoms with Crippen LogP contribution in [0.15, 0.2) is 18.2 Å². The predicted octanol–water partition coefficient (Wildman–Crippen LogP) is 2.82. The summed E-state index contributed by atoms with van der Waals surface area (Å²) in [7, 11) is 0. The van der Waals surface area contributed by atoms with E-state index in [9.17, 15) is 9.18 Å². The number of carbonyl (C=O) groups excluding carboxylic acids is 1. The Bertz CT molecular complexity index is 411. The lowest BCUT2D eigenvalue weighted by Crippen LogP contribution is -2.10. The van der Waals surface area contributed by atoms with Crippen LogP contribution in [-0.4, -0.2) is 5.78 Å². The van der Waals surface area contributed by atoms with Crippen LogP contribution in [0.3, 0.4) is 0 Å². The monoisotopic (exact) mass is 211 g/mol. The Morgan fingerprint density at radius 1 is 1.64 bits per heavy atom. The third-order valence-corrected chi connectivity index (χ3v) is 2.19. The zero-order valence-corrected chi connectivity index (χ0v) is 8.18. The fraction of sp³-hybridized carbons (Fsp3) is 0.200. The highest BCUT2D eigenvalue weighted by molar-refractivity contribution is 6.34. The maximum Gasteiger partial charge on any atom is 0.181 e. The molecule has 0 aliphatic carbocycles. The SMILES string of the molecule is CC(C#N)C(=O)c1cccc(F)c1Cl. The zero-order chi connectivity index (χ0) is 10.7. The van der Waals surface area contributed by atoms with Crippen LogP contribution < -0.4 is 0 Å². The second-order valence-electron chi connectivity index (χ2n) is 2.82. The molecule has 0 amide bonds. The van der Waals surface area contributed by atoms with Crippen molar-refractivity contribution < 1.29 is 9.18 Å². The standard InChI is InChI=1S/C10H7ClFNO/c1-6(5-13)10(14)7-3-2-4-8(12)9(7)11/h2-4,6H,1H3. The van der Waals surface area contributed by atoms with Gasteiger partial charge in [-0.1, -0.05) is 17.7 Å². The second-order valence-corrected chi connectivity index (χ2v) is 3.19. The third kappa shape index (κ3) is 1.91. The molecule has 0 heterocycles. The Morgan fingerprint density at radius 3 is 2.86 bits per heavy atom. The van der Waals surface area contributed by atoms with Gasteiger partial charge in [-0.2, -0.15) is 5.26 Å². The van der Waals surface area contributed by atoms with Gasteiger partial charge in [-0.25, -0.2) is 4.39 Å². The number of ketones is 1. The van der Waals surface area contributed by atoms with Gasteiger partial charge >= 0.3 is 0 Å². The average Bonchev–Trinajstić information content (AvgIpc) is 2.20. The summed E-state index contributed by atoms with van der Waals surface area (Å²) in [6.07, 6.45) is 0. The average molecular weight is 212 g/mol. The number of hydrogen-bond donors (Lipinski definition) is 0. The summed E-state index contributed by atoms with van der Waals surface area (Å²) < 4.78 is 12.9. The van der Waals surface area contributed by atoms with Crippen molar-refractivity contribution >= 4 is 17.4 Å². The van der Waals surface area contributed by atoms with Crippen LogP contribution in [0.1, 0.15) is 17.3 Å². The molecule has 1 aromatic carbocycles. The van der Waals surface area contributed by atoms with Crippen molar-refractivity contribution in [1.82, 2.24) is 0 Å². The summed E-state index contributed by atoms with van der Waals surface area (Å²) in [5, 5.41) is 8.30. The number of rotatable bonds is 2. The van der Waals surface area contributed by atoms with E-state index in [2.05, 4.69) is 0 Å². The second kappa shape index (κ2) is 4.21. The molecule has 1 rings (SSSR count). The maximum absolute atomic E-state index is 12.9. The molecule has 1 aromatic rings. The molecule has 0 fully saturated rings. The van der Waals surface area contributed by atoms with Crippen molar-refractivity contribution in [3.8, 4) is 6.07 Å². The van der Waals surface area contributed by atoms with Crippen molar-refractivity contribution in [2.45, 2.75) is 6.92 Å².